The Morgan fingerprint density at radius 1 is 0.929 bits per heavy atom. The number of hydrogen-bond donors (Lipinski definition) is 0. The number of aromatic nitrogens is 1. The van der Waals surface area contributed by atoms with Gasteiger partial charge < -0.3 is 4.90 Å². The van der Waals surface area contributed by atoms with Crippen molar-refractivity contribution in [1.82, 2.24) is 0 Å². The van der Waals surface area contributed by atoms with Crippen LogP contribution in [0.25, 0.3) is 10.9 Å². The number of benzene rings is 2. The molecule has 0 aliphatic carbocycles. The molecule has 3 aromatic rings. The molecule has 0 amide bonds. The van der Waals surface area contributed by atoms with Gasteiger partial charge in [-0.15, -0.1) is 0 Å². The van der Waals surface area contributed by atoms with Crippen LogP contribution in [-0.4, -0.2) is 21.5 Å². The number of pyridine rings is 1. The Kier molecular flexibility index (Phi) is 5.75. The summed E-state index contributed by atoms with van der Waals surface area (Å²) in [5, 5.41) is 0.952. The lowest BCUT2D eigenvalue weighted by Crippen LogP contribution is -2.26. The van der Waals surface area contributed by atoms with Crippen LogP contribution in [0.3, 0.4) is 0 Å². The van der Waals surface area contributed by atoms with Crippen molar-refractivity contribution in [2.24, 2.45) is 0 Å². The predicted molar refractivity (Wildman–Crippen MR) is 115 cm³/mol. The zero-order valence-electron chi connectivity index (χ0n) is 17.3. The van der Waals surface area contributed by atoms with Crippen molar-refractivity contribution in [3.05, 3.63) is 59.3 Å². The number of hydrogen-bond acceptors (Lipinski definition) is 3. The molecule has 3 rings (SSSR count). The van der Waals surface area contributed by atoms with Crippen LogP contribution in [0.15, 0.2) is 52.4 Å². The largest absolute Gasteiger partial charge is 0.370 e. The summed E-state index contributed by atoms with van der Waals surface area (Å²) < 4.78 is 27.2. The van der Waals surface area contributed by atoms with Crippen molar-refractivity contribution >= 4 is 26.4 Å². The number of anilines is 1. The molecule has 0 saturated carbocycles. The van der Waals surface area contributed by atoms with E-state index >= 15 is 0 Å². The molecule has 0 bridgehead atoms. The van der Waals surface area contributed by atoms with Gasteiger partial charge in [0.05, 0.1) is 16.0 Å². The molecule has 148 valence electrons. The molecule has 0 saturated heterocycles. The molecule has 0 fully saturated rings. The number of fused-ring (bicyclic) bond motifs is 1. The lowest BCUT2D eigenvalue weighted by Gasteiger charge is -2.24. The van der Waals surface area contributed by atoms with Gasteiger partial charge in [-0.3, -0.25) is 0 Å². The SMILES string of the molecule is CCc1ccc2[nH+]cc(S(=O)(=O)c3ccc(C)c(C)c3)c(N(CC)CC)c2c1. The van der Waals surface area contributed by atoms with E-state index in [-0.39, 0.29) is 0 Å². The summed E-state index contributed by atoms with van der Waals surface area (Å²) in [6, 6.07) is 11.6. The number of sulfone groups is 1. The molecular formula is C23H29N2O2S+. The Labute approximate surface area is 168 Å². The lowest BCUT2D eigenvalue weighted by atomic mass is 10.1. The molecule has 1 aromatic heterocycles. The fraction of sp³-hybridized carbons (Fsp3) is 0.348. The number of nitrogens with one attached hydrogen (secondary N) is 1. The van der Waals surface area contributed by atoms with Crippen LogP contribution < -0.4 is 9.88 Å². The van der Waals surface area contributed by atoms with E-state index < -0.39 is 9.84 Å². The van der Waals surface area contributed by atoms with Crippen LogP contribution in [0.1, 0.15) is 37.5 Å². The van der Waals surface area contributed by atoms with Crippen LogP contribution in [0, 0.1) is 13.8 Å². The third kappa shape index (κ3) is 3.51. The van der Waals surface area contributed by atoms with Gasteiger partial charge in [-0.2, -0.15) is 0 Å². The molecule has 1 N–H and O–H groups in total. The molecule has 0 aliphatic rings. The topological polar surface area (TPSA) is 51.5 Å². The minimum Gasteiger partial charge on any atom is -0.370 e. The molecular weight excluding hydrogens is 368 g/mol. The van der Waals surface area contributed by atoms with Crippen molar-refractivity contribution in [1.29, 1.82) is 0 Å². The molecule has 0 spiro atoms. The Balaban J connectivity index is 2.35. The van der Waals surface area contributed by atoms with Crippen molar-refractivity contribution < 1.29 is 13.4 Å². The van der Waals surface area contributed by atoms with Gasteiger partial charge in [-0.05, 0) is 69.0 Å². The molecule has 28 heavy (non-hydrogen) atoms. The van der Waals surface area contributed by atoms with E-state index in [1.54, 1.807) is 18.3 Å². The van der Waals surface area contributed by atoms with Crippen LogP contribution >= 0.6 is 0 Å². The first-order chi connectivity index (χ1) is 13.3. The second kappa shape index (κ2) is 7.92. The lowest BCUT2D eigenvalue weighted by molar-refractivity contribution is -0.347. The maximum atomic E-state index is 13.6. The molecule has 0 atom stereocenters. The van der Waals surface area contributed by atoms with Gasteiger partial charge in [-0.1, -0.05) is 19.1 Å². The average molecular weight is 398 g/mol. The van der Waals surface area contributed by atoms with Crippen LogP contribution in [0.5, 0.6) is 0 Å². The monoisotopic (exact) mass is 397 g/mol. The van der Waals surface area contributed by atoms with Crippen LogP contribution in [-0.2, 0) is 16.3 Å². The fourth-order valence-corrected chi connectivity index (χ4v) is 5.10. The minimum absolute atomic E-state index is 0.334. The summed E-state index contributed by atoms with van der Waals surface area (Å²) in [5.41, 5.74) is 4.98. The van der Waals surface area contributed by atoms with Crippen molar-refractivity contribution in [2.45, 2.75) is 50.8 Å². The van der Waals surface area contributed by atoms with Crippen LogP contribution in [0.2, 0.25) is 0 Å². The maximum absolute atomic E-state index is 13.6. The highest BCUT2D eigenvalue weighted by Gasteiger charge is 2.29. The first-order valence-electron chi connectivity index (χ1n) is 9.88. The first kappa shape index (κ1) is 20.3. The summed E-state index contributed by atoms with van der Waals surface area (Å²) >= 11 is 0. The third-order valence-electron chi connectivity index (χ3n) is 5.50. The zero-order valence-corrected chi connectivity index (χ0v) is 18.2. The minimum atomic E-state index is -3.66. The van der Waals surface area contributed by atoms with Gasteiger partial charge in [0.2, 0.25) is 15.4 Å². The van der Waals surface area contributed by atoms with Gasteiger partial charge in [0.1, 0.15) is 0 Å². The van der Waals surface area contributed by atoms with E-state index in [9.17, 15) is 8.42 Å². The second-order valence-corrected chi connectivity index (χ2v) is 9.07. The summed E-state index contributed by atoms with van der Waals surface area (Å²) in [5.74, 6) is 0. The molecule has 5 heteroatoms. The number of nitrogens with zero attached hydrogens (tertiary/aromatic N) is 1. The summed E-state index contributed by atoms with van der Waals surface area (Å²) in [6.45, 7) is 11.6. The summed E-state index contributed by atoms with van der Waals surface area (Å²) in [4.78, 5) is 6.01. The Morgan fingerprint density at radius 3 is 2.25 bits per heavy atom. The zero-order chi connectivity index (χ0) is 20.5. The van der Waals surface area contributed by atoms with E-state index in [0.717, 1.165) is 47.2 Å². The molecule has 1 heterocycles. The van der Waals surface area contributed by atoms with Crippen LogP contribution in [0.4, 0.5) is 5.69 Å². The Morgan fingerprint density at radius 2 is 1.64 bits per heavy atom. The number of aryl methyl sites for hydroxylation is 3. The van der Waals surface area contributed by atoms with Gasteiger partial charge in [0.15, 0.2) is 11.1 Å². The van der Waals surface area contributed by atoms with E-state index in [2.05, 4.69) is 42.8 Å². The van der Waals surface area contributed by atoms with Gasteiger partial charge >= 0.3 is 0 Å². The van der Waals surface area contributed by atoms with E-state index in [1.165, 1.54) is 5.56 Å². The van der Waals surface area contributed by atoms with Gasteiger partial charge in [0, 0.05) is 19.2 Å². The van der Waals surface area contributed by atoms with E-state index in [1.807, 2.05) is 26.0 Å². The fourth-order valence-electron chi connectivity index (χ4n) is 3.56. The van der Waals surface area contributed by atoms with Gasteiger partial charge in [-0.25, -0.2) is 13.4 Å². The number of rotatable bonds is 6. The number of H-pyrrole nitrogens is 1. The smallest absolute Gasteiger partial charge is 0.214 e. The first-order valence-corrected chi connectivity index (χ1v) is 11.4. The third-order valence-corrected chi connectivity index (χ3v) is 7.26. The van der Waals surface area contributed by atoms with Crippen molar-refractivity contribution in [3.63, 3.8) is 0 Å². The maximum Gasteiger partial charge on any atom is 0.214 e. The predicted octanol–water partition coefficient (Wildman–Crippen LogP) is 4.51. The van der Waals surface area contributed by atoms with E-state index in [4.69, 9.17) is 0 Å². The quantitative estimate of drug-likeness (QED) is 0.615. The molecule has 4 nitrogen and oxygen atoms in total. The number of aromatic amines is 1. The van der Waals surface area contributed by atoms with E-state index in [0.29, 0.717) is 9.79 Å². The molecule has 2 aromatic carbocycles. The standard InChI is InChI=1S/C23H28N2O2S/c1-6-18-10-12-21-20(14-18)23(25(7-2)8-3)22(15-24-21)28(26,27)19-11-9-16(4)17(5)13-19/h9-15H,6-8H2,1-5H3/p+1. The van der Waals surface area contributed by atoms with Crippen molar-refractivity contribution in [3.8, 4) is 0 Å². The highest BCUT2D eigenvalue weighted by molar-refractivity contribution is 7.91. The molecule has 0 aliphatic heterocycles. The molecule has 0 unspecified atom stereocenters. The average Bonchev–Trinajstić information content (AvgIpc) is 2.70. The summed E-state index contributed by atoms with van der Waals surface area (Å²) in [7, 11) is -3.66. The highest BCUT2D eigenvalue weighted by Crippen LogP contribution is 2.35. The molecule has 0 radical (unpaired) electrons. The van der Waals surface area contributed by atoms with Gasteiger partial charge in [0.25, 0.3) is 0 Å². The highest BCUT2D eigenvalue weighted by atomic mass is 32.2. The second-order valence-electron chi connectivity index (χ2n) is 7.16. The Hall–Kier alpha value is -2.40. The Bertz CT molecular complexity index is 1120. The normalized spacial score (nSPS) is 11.8. The summed E-state index contributed by atoms with van der Waals surface area (Å²) in [6.07, 6.45) is 2.55. The van der Waals surface area contributed by atoms with Crippen molar-refractivity contribution in [2.75, 3.05) is 18.0 Å².